The minimum Gasteiger partial charge on any atom is -0.435 e. The highest BCUT2D eigenvalue weighted by atomic mass is 32.1. The summed E-state index contributed by atoms with van der Waals surface area (Å²) in [6.45, 7) is 0.977. The van der Waals surface area contributed by atoms with E-state index in [-0.39, 0.29) is 11.7 Å². The molecule has 1 N–H and O–H groups in total. The molecule has 130 valence electrons. The van der Waals surface area contributed by atoms with Crippen LogP contribution in [0.5, 0.6) is 5.75 Å². The van der Waals surface area contributed by atoms with Crippen LogP contribution in [0.15, 0.2) is 36.4 Å². The fourth-order valence-electron chi connectivity index (χ4n) is 2.23. The summed E-state index contributed by atoms with van der Waals surface area (Å²) in [5, 5.41) is 3.29. The van der Waals surface area contributed by atoms with E-state index in [1.165, 1.54) is 34.8 Å². The number of amides is 1. The summed E-state index contributed by atoms with van der Waals surface area (Å²) in [5.74, 6) is -0.104. The SMILES string of the molecule is Cc1ccc(C(=O)Nc2nc(-c3ccc(OC(F)F)cc3)c(C)s2)s1. The van der Waals surface area contributed by atoms with Crippen molar-refractivity contribution >= 4 is 33.7 Å². The van der Waals surface area contributed by atoms with Crippen LogP contribution in [-0.4, -0.2) is 17.5 Å². The van der Waals surface area contributed by atoms with Crippen molar-refractivity contribution in [2.45, 2.75) is 20.5 Å². The topological polar surface area (TPSA) is 51.2 Å². The zero-order valence-corrected chi connectivity index (χ0v) is 15.0. The summed E-state index contributed by atoms with van der Waals surface area (Å²) in [6, 6.07) is 9.92. The molecule has 0 aliphatic rings. The molecule has 0 saturated heterocycles. The van der Waals surface area contributed by atoms with Gasteiger partial charge in [0.25, 0.3) is 5.91 Å². The molecule has 1 amide bonds. The second-order valence-electron chi connectivity index (χ2n) is 5.19. The van der Waals surface area contributed by atoms with Gasteiger partial charge in [-0.2, -0.15) is 8.78 Å². The number of carbonyl (C=O) groups excluding carboxylic acids is 1. The lowest BCUT2D eigenvalue weighted by Crippen LogP contribution is -2.09. The van der Waals surface area contributed by atoms with Gasteiger partial charge in [-0.3, -0.25) is 10.1 Å². The number of thiophene rings is 1. The fraction of sp³-hybridized carbons (Fsp3) is 0.176. The number of aromatic nitrogens is 1. The molecule has 0 fully saturated rings. The number of anilines is 1. The zero-order valence-electron chi connectivity index (χ0n) is 13.4. The molecule has 0 radical (unpaired) electrons. The normalized spacial score (nSPS) is 10.9. The van der Waals surface area contributed by atoms with E-state index in [2.05, 4.69) is 15.0 Å². The van der Waals surface area contributed by atoms with Gasteiger partial charge in [-0.05, 0) is 50.2 Å². The Hall–Kier alpha value is -2.32. The quantitative estimate of drug-likeness (QED) is 0.650. The van der Waals surface area contributed by atoms with Crippen LogP contribution in [0.4, 0.5) is 13.9 Å². The molecule has 4 nitrogen and oxygen atoms in total. The van der Waals surface area contributed by atoms with Gasteiger partial charge in [0.2, 0.25) is 0 Å². The maximum absolute atomic E-state index is 12.2. The summed E-state index contributed by atoms with van der Waals surface area (Å²) >= 11 is 2.78. The molecule has 25 heavy (non-hydrogen) atoms. The number of rotatable bonds is 5. The van der Waals surface area contributed by atoms with E-state index in [0.717, 1.165) is 15.3 Å². The Labute approximate surface area is 151 Å². The zero-order chi connectivity index (χ0) is 18.0. The van der Waals surface area contributed by atoms with Crippen molar-refractivity contribution in [1.29, 1.82) is 0 Å². The predicted molar refractivity (Wildman–Crippen MR) is 95.9 cm³/mol. The minimum atomic E-state index is -2.85. The third kappa shape index (κ3) is 4.21. The number of carbonyl (C=O) groups is 1. The van der Waals surface area contributed by atoms with Crippen molar-refractivity contribution in [3.8, 4) is 17.0 Å². The van der Waals surface area contributed by atoms with E-state index in [1.807, 2.05) is 19.9 Å². The number of hydrogen-bond acceptors (Lipinski definition) is 5. The number of aryl methyl sites for hydroxylation is 2. The maximum atomic E-state index is 12.2. The Bertz CT molecular complexity index is 888. The van der Waals surface area contributed by atoms with Crippen molar-refractivity contribution < 1.29 is 18.3 Å². The van der Waals surface area contributed by atoms with Crippen LogP contribution >= 0.6 is 22.7 Å². The van der Waals surface area contributed by atoms with Gasteiger partial charge in [-0.25, -0.2) is 4.98 Å². The Kier molecular flexibility index (Phi) is 5.10. The molecule has 3 rings (SSSR count). The van der Waals surface area contributed by atoms with Crippen LogP contribution in [0.2, 0.25) is 0 Å². The lowest BCUT2D eigenvalue weighted by molar-refractivity contribution is -0.0498. The Morgan fingerprint density at radius 3 is 2.44 bits per heavy atom. The summed E-state index contributed by atoms with van der Waals surface area (Å²) in [4.78, 5) is 19.3. The molecule has 0 unspecified atom stereocenters. The predicted octanol–water partition coefficient (Wildman–Crippen LogP) is 5.34. The van der Waals surface area contributed by atoms with E-state index in [4.69, 9.17) is 0 Å². The number of halogens is 2. The molecule has 2 aromatic heterocycles. The molecule has 1 aromatic carbocycles. The molecule has 0 saturated carbocycles. The number of thiazole rings is 1. The lowest BCUT2D eigenvalue weighted by atomic mass is 10.1. The molecule has 0 bridgehead atoms. The van der Waals surface area contributed by atoms with Gasteiger partial charge in [-0.1, -0.05) is 0 Å². The fourth-order valence-corrected chi connectivity index (χ4v) is 3.82. The number of alkyl halides is 2. The third-order valence-electron chi connectivity index (χ3n) is 3.33. The summed E-state index contributed by atoms with van der Waals surface area (Å²) < 4.78 is 28.7. The number of nitrogens with one attached hydrogen (secondary N) is 1. The highest BCUT2D eigenvalue weighted by Crippen LogP contribution is 2.32. The molecule has 2 heterocycles. The van der Waals surface area contributed by atoms with E-state index in [1.54, 1.807) is 18.2 Å². The van der Waals surface area contributed by atoms with Gasteiger partial charge in [0.1, 0.15) is 5.75 Å². The summed E-state index contributed by atoms with van der Waals surface area (Å²) in [5.41, 5.74) is 1.47. The highest BCUT2D eigenvalue weighted by Gasteiger charge is 2.14. The van der Waals surface area contributed by atoms with Gasteiger partial charge < -0.3 is 4.74 Å². The molecular formula is C17H14F2N2O2S2. The van der Waals surface area contributed by atoms with E-state index in [9.17, 15) is 13.6 Å². The lowest BCUT2D eigenvalue weighted by Gasteiger charge is -2.05. The van der Waals surface area contributed by atoms with Crippen LogP contribution in [-0.2, 0) is 0 Å². The largest absolute Gasteiger partial charge is 0.435 e. The highest BCUT2D eigenvalue weighted by molar-refractivity contribution is 7.16. The first-order valence-electron chi connectivity index (χ1n) is 7.33. The van der Waals surface area contributed by atoms with Crippen LogP contribution in [0.25, 0.3) is 11.3 Å². The van der Waals surface area contributed by atoms with Crippen LogP contribution in [0.3, 0.4) is 0 Å². The van der Waals surface area contributed by atoms with Crippen molar-refractivity contribution in [3.05, 3.63) is 51.0 Å². The second-order valence-corrected chi connectivity index (χ2v) is 7.68. The van der Waals surface area contributed by atoms with Crippen molar-refractivity contribution in [2.75, 3.05) is 5.32 Å². The van der Waals surface area contributed by atoms with Gasteiger partial charge in [-0.15, -0.1) is 22.7 Å². The number of benzene rings is 1. The molecule has 3 aromatic rings. The second kappa shape index (κ2) is 7.28. The minimum absolute atomic E-state index is 0.0909. The number of ether oxygens (including phenoxy) is 1. The molecule has 8 heteroatoms. The first kappa shape index (κ1) is 17.5. The van der Waals surface area contributed by atoms with Gasteiger partial charge >= 0.3 is 6.61 Å². The van der Waals surface area contributed by atoms with Crippen molar-refractivity contribution in [2.24, 2.45) is 0 Å². The molecule has 0 atom stereocenters. The number of nitrogens with zero attached hydrogens (tertiary/aromatic N) is 1. The molecule has 0 aliphatic heterocycles. The Morgan fingerprint density at radius 2 is 1.84 bits per heavy atom. The van der Waals surface area contributed by atoms with E-state index >= 15 is 0 Å². The Morgan fingerprint density at radius 1 is 1.12 bits per heavy atom. The smallest absolute Gasteiger partial charge is 0.387 e. The third-order valence-corrected chi connectivity index (χ3v) is 5.22. The average molecular weight is 380 g/mol. The van der Waals surface area contributed by atoms with Gasteiger partial charge in [0.05, 0.1) is 10.6 Å². The maximum Gasteiger partial charge on any atom is 0.387 e. The summed E-state index contributed by atoms with van der Waals surface area (Å²) in [6.07, 6.45) is 0. The van der Waals surface area contributed by atoms with Crippen LogP contribution in [0, 0.1) is 13.8 Å². The van der Waals surface area contributed by atoms with Crippen molar-refractivity contribution in [1.82, 2.24) is 4.98 Å². The van der Waals surface area contributed by atoms with Gasteiger partial charge in [0, 0.05) is 15.3 Å². The van der Waals surface area contributed by atoms with Crippen LogP contribution < -0.4 is 10.1 Å². The number of hydrogen-bond donors (Lipinski definition) is 1. The van der Waals surface area contributed by atoms with Crippen molar-refractivity contribution in [3.63, 3.8) is 0 Å². The standard InChI is InChI=1S/C17H14F2N2O2S2/c1-9-3-8-13(24-9)15(22)21-17-20-14(10(2)25-17)11-4-6-12(7-5-11)23-16(18)19/h3-8,16H,1-2H3,(H,20,21,22). The molecular weight excluding hydrogens is 366 g/mol. The van der Waals surface area contributed by atoms with E-state index in [0.29, 0.717) is 15.7 Å². The average Bonchev–Trinajstić information content (AvgIpc) is 3.13. The summed E-state index contributed by atoms with van der Waals surface area (Å²) in [7, 11) is 0. The van der Waals surface area contributed by atoms with E-state index < -0.39 is 6.61 Å². The van der Waals surface area contributed by atoms with Crippen LogP contribution in [0.1, 0.15) is 19.4 Å². The molecule has 0 aliphatic carbocycles. The molecule has 0 spiro atoms. The first-order valence-corrected chi connectivity index (χ1v) is 8.96. The van der Waals surface area contributed by atoms with Gasteiger partial charge in [0.15, 0.2) is 5.13 Å². The first-order chi connectivity index (χ1) is 11.9. The monoisotopic (exact) mass is 380 g/mol. The Balaban J connectivity index is 1.77.